The molecule has 1 N–H and O–H groups in total. The fourth-order valence-corrected chi connectivity index (χ4v) is 4.22. The molecule has 134 valence electrons. The van der Waals surface area contributed by atoms with Gasteiger partial charge in [0.05, 0.1) is 18.3 Å². The van der Waals surface area contributed by atoms with E-state index >= 15 is 0 Å². The monoisotopic (exact) mass is 357 g/mol. The van der Waals surface area contributed by atoms with E-state index in [1.165, 1.54) is 24.8 Å². The van der Waals surface area contributed by atoms with Crippen molar-refractivity contribution in [3.8, 4) is 0 Å². The molecule has 0 bridgehead atoms. The Kier molecular flexibility index (Phi) is 6.56. The molecular weight excluding hydrogens is 330 g/mol. The molecule has 1 aliphatic rings. The van der Waals surface area contributed by atoms with Gasteiger partial charge in [-0.2, -0.15) is 5.10 Å². The number of aromatic nitrogens is 2. The Balaban J connectivity index is 1.76. The summed E-state index contributed by atoms with van der Waals surface area (Å²) in [7, 11) is 0. The van der Waals surface area contributed by atoms with E-state index < -0.39 is 0 Å². The van der Waals surface area contributed by atoms with Crippen molar-refractivity contribution >= 4 is 17.7 Å². The second-order valence-corrected chi connectivity index (χ2v) is 7.75. The zero-order chi connectivity index (χ0) is 17.5. The first-order valence-electron chi connectivity index (χ1n) is 9.31. The van der Waals surface area contributed by atoms with Crippen LogP contribution in [0.25, 0.3) is 0 Å². The average Bonchev–Trinajstić information content (AvgIpc) is 3.04. The Morgan fingerprint density at radius 3 is 2.72 bits per heavy atom. The molecule has 0 spiro atoms. The van der Waals surface area contributed by atoms with Gasteiger partial charge >= 0.3 is 0 Å². The van der Waals surface area contributed by atoms with E-state index in [1.807, 2.05) is 22.9 Å². The SMILES string of the molecule is CCCSc1c(C(=O)NC2CCCCC2)cnn1Cc1ccccc1. The van der Waals surface area contributed by atoms with Crippen LogP contribution in [0.15, 0.2) is 41.6 Å². The lowest BCUT2D eigenvalue weighted by molar-refractivity contribution is 0.0924. The molecule has 1 fully saturated rings. The maximum Gasteiger partial charge on any atom is 0.255 e. The number of carbonyl (C=O) groups is 1. The molecule has 1 aliphatic carbocycles. The van der Waals surface area contributed by atoms with E-state index in [4.69, 9.17) is 0 Å². The molecule has 0 radical (unpaired) electrons. The molecule has 3 rings (SSSR count). The van der Waals surface area contributed by atoms with Gasteiger partial charge in [0, 0.05) is 6.04 Å². The maximum absolute atomic E-state index is 12.8. The zero-order valence-corrected chi connectivity index (χ0v) is 15.7. The molecule has 1 amide bonds. The standard InChI is InChI=1S/C20H27N3OS/c1-2-13-25-20-18(19(24)22-17-11-7-4-8-12-17)14-21-23(20)15-16-9-5-3-6-10-16/h3,5-6,9-10,14,17H,2,4,7-8,11-13,15H2,1H3,(H,22,24). The van der Waals surface area contributed by atoms with Crippen LogP contribution in [0.1, 0.15) is 61.4 Å². The molecule has 1 aromatic heterocycles. The number of hydrogen-bond acceptors (Lipinski definition) is 3. The molecule has 1 aromatic carbocycles. The number of amides is 1. The van der Waals surface area contributed by atoms with Crippen molar-refractivity contribution in [2.75, 3.05) is 5.75 Å². The smallest absolute Gasteiger partial charge is 0.255 e. The molecule has 0 aliphatic heterocycles. The van der Waals surface area contributed by atoms with Gasteiger partial charge in [0.15, 0.2) is 0 Å². The maximum atomic E-state index is 12.8. The number of carbonyl (C=O) groups excluding carboxylic acids is 1. The first-order chi connectivity index (χ1) is 12.3. The van der Waals surface area contributed by atoms with Crippen molar-refractivity contribution < 1.29 is 4.79 Å². The van der Waals surface area contributed by atoms with Crippen LogP contribution >= 0.6 is 11.8 Å². The predicted octanol–water partition coefficient (Wildman–Crippen LogP) is 4.50. The summed E-state index contributed by atoms with van der Waals surface area (Å²) in [5.41, 5.74) is 1.92. The Labute approximate surface area is 154 Å². The number of nitrogens with one attached hydrogen (secondary N) is 1. The Bertz CT molecular complexity index is 678. The van der Waals surface area contributed by atoms with Gasteiger partial charge in [0.25, 0.3) is 5.91 Å². The van der Waals surface area contributed by atoms with Crippen molar-refractivity contribution in [2.24, 2.45) is 0 Å². The number of hydrogen-bond donors (Lipinski definition) is 1. The van der Waals surface area contributed by atoms with Gasteiger partial charge in [-0.3, -0.25) is 9.48 Å². The summed E-state index contributed by atoms with van der Waals surface area (Å²) in [4.78, 5) is 12.8. The van der Waals surface area contributed by atoms with E-state index in [1.54, 1.807) is 18.0 Å². The van der Waals surface area contributed by atoms with Gasteiger partial charge in [-0.15, -0.1) is 11.8 Å². The molecule has 0 unspecified atom stereocenters. The fraction of sp³-hybridized carbons (Fsp3) is 0.500. The van der Waals surface area contributed by atoms with Gasteiger partial charge < -0.3 is 5.32 Å². The Hall–Kier alpha value is -1.75. The molecule has 1 heterocycles. The second kappa shape index (κ2) is 9.09. The van der Waals surface area contributed by atoms with Crippen LogP contribution in [0.5, 0.6) is 0 Å². The summed E-state index contributed by atoms with van der Waals surface area (Å²) in [5, 5.41) is 8.72. The van der Waals surface area contributed by atoms with Crippen molar-refractivity contribution in [3.63, 3.8) is 0 Å². The minimum absolute atomic E-state index is 0.0322. The Morgan fingerprint density at radius 2 is 2.00 bits per heavy atom. The number of nitrogens with zero attached hydrogens (tertiary/aromatic N) is 2. The highest BCUT2D eigenvalue weighted by Gasteiger charge is 2.22. The lowest BCUT2D eigenvalue weighted by atomic mass is 9.95. The highest BCUT2D eigenvalue weighted by Crippen LogP contribution is 2.25. The average molecular weight is 358 g/mol. The third-order valence-electron chi connectivity index (χ3n) is 4.59. The lowest BCUT2D eigenvalue weighted by Crippen LogP contribution is -2.36. The van der Waals surface area contributed by atoms with Crippen molar-refractivity contribution in [2.45, 2.75) is 63.1 Å². The predicted molar refractivity (Wildman–Crippen MR) is 103 cm³/mol. The molecule has 0 atom stereocenters. The normalized spacial score (nSPS) is 15.2. The molecule has 5 heteroatoms. The summed E-state index contributed by atoms with van der Waals surface area (Å²) >= 11 is 1.73. The van der Waals surface area contributed by atoms with Crippen LogP contribution in [0, 0.1) is 0 Å². The summed E-state index contributed by atoms with van der Waals surface area (Å²) in [6, 6.07) is 10.6. The molecule has 25 heavy (non-hydrogen) atoms. The first-order valence-corrected chi connectivity index (χ1v) is 10.3. The minimum Gasteiger partial charge on any atom is -0.349 e. The van der Waals surface area contributed by atoms with Crippen molar-refractivity contribution in [3.05, 3.63) is 47.7 Å². The molecule has 1 saturated carbocycles. The molecule has 2 aromatic rings. The van der Waals surface area contributed by atoms with Crippen LogP contribution in [-0.2, 0) is 6.54 Å². The molecular formula is C20H27N3OS. The molecule has 4 nitrogen and oxygen atoms in total. The van der Waals surface area contributed by atoms with Gasteiger partial charge in [0.1, 0.15) is 5.03 Å². The van der Waals surface area contributed by atoms with E-state index in [2.05, 4.69) is 29.5 Å². The van der Waals surface area contributed by atoms with Gasteiger partial charge in [-0.1, -0.05) is 56.5 Å². The fourth-order valence-electron chi connectivity index (χ4n) is 3.26. The van der Waals surface area contributed by atoms with Crippen LogP contribution in [-0.4, -0.2) is 27.5 Å². The van der Waals surface area contributed by atoms with Gasteiger partial charge in [-0.25, -0.2) is 0 Å². The topological polar surface area (TPSA) is 46.9 Å². The molecule has 0 saturated heterocycles. The summed E-state index contributed by atoms with van der Waals surface area (Å²) < 4.78 is 1.96. The number of benzene rings is 1. The number of thioether (sulfide) groups is 1. The van der Waals surface area contributed by atoms with E-state index in [-0.39, 0.29) is 5.91 Å². The van der Waals surface area contributed by atoms with E-state index in [9.17, 15) is 4.79 Å². The van der Waals surface area contributed by atoms with E-state index in [0.717, 1.165) is 35.6 Å². The largest absolute Gasteiger partial charge is 0.349 e. The highest BCUT2D eigenvalue weighted by atomic mass is 32.2. The van der Waals surface area contributed by atoms with Gasteiger partial charge in [0.2, 0.25) is 0 Å². The van der Waals surface area contributed by atoms with Crippen molar-refractivity contribution in [1.29, 1.82) is 0 Å². The second-order valence-electron chi connectivity index (χ2n) is 6.66. The summed E-state index contributed by atoms with van der Waals surface area (Å²) in [6.45, 7) is 2.86. The number of rotatable bonds is 7. The minimum atomic E-state index is 0.0322. The third kappa shape index (κ3) is 4.88. The lowest BCUT2D eigenvalue weighted by Gasteiger charge is -2.22. The van der Waals surface area contributed by atoms with Crippen LogP contribution in [0.2, 0.25) is 0 Å². The van der Waals surface area contributed by atoms with E-state index in [0.29, 0.717) is 12.6 Å². The van der Waals surface area contributed by atoms with Crippen LogP contribution < -0.4 is 5.32 Å². The highest BCUT2D eigenvalue weighted by molar-refractivity contribution is 7.99. The Morgan fingerprint density at radius 1 is 1.24 bits per heavy atom. The van der Waals surface area contributed by atoms with Crippen LogP contribution in [0.4, 0.5) is 0 Å². The summed E-state index contributed by atoms with van der Waals surface area (Å²) in [6.07, 6.45) is 8.73. The van der Waals surface area contributed by atoms with Crippen molar-refractivity contribution in [1.82, 2.24) is 15.1 Å². The first kappa shape index (κ1) is 18.1. The summed E-state index contributed by atoms with van der Waals surface area (Å²) in [5.74, 6) is 1.02. The zero-order valence-electron chi connectivity index (χ0n) is 14.9. The quantitative estimate of drug-likeness (QED) is 0.742. The third-order valence-corrected chi connectivity index (χ3v) is 5.91. The van der Waals surface area contributed by atoms with Crippen LogP contribution in [0.3, 0.4) is 0 Å². The van der Waals surface area contributed by atoms with Gasteiger partial charge in [-0.05, 0) is 30.6 Å².